The second-order valence-corrected chi connectivity index (χ2v) is 4.15. The number of rotatable bonds is 6. The minimum Gasteiger partial charge on any atom is -0.493 e. The normalized spacial score (nSPS) is 10.9. The van der Waals surface area contributed by atoms with E-state index in [1.165, 1.54) is 0 Å². The fourth-order valence-electron chi connectivity index (χ4n) is 1.67. The van der Waals surface area contributed by atoms with E-state index in [0.717, 1.165) is 16.9 Å². The Hall–Kier alpha value is -1.97. The molecule has 4 nitrogen and oxygen atoms in total. The number of hydrogen-bond donors (Lipinski definition) is 1. The fraction of sp³-hybridized carbons (Fsp3) is 0.357. The van der Waals surface area contributed by atoms with Crippen molar-refractivity contribution in [3.8, 4) is 11.5 Å². The highest BCUT2D eigenvalue weighted by Crippen LogP contribution is 2.33. The van der Waals surface area contributed by atoms with Crippen molar-refractivity contribution in [1.29, 1.82) is 0 Å². The molecule has 18 heavy (non-hydrogen) atoms. The van der Waals surface area contributed by atoms with Gasteiger partial charge in [-0.2, -0.15) is 5.10 Å². The summed E-state index contributed by atoms with van der Waals surface area (Å²) in [7, 11) is 1.61. The summed E-state index contributed by atoms with van der Waals surface area (Å²) in [6.07, 6.45) is 4.18. The lowest BCUT2D eigenvalue weighted by molar-refractivity contribution is 0.228. The monoisotopic (exact) mass is 248 g/mol. The Bertz CT molecular complexity index is 440. The fourth-order valence-corrected chi connectivity index (χ4v) is 1.67. The molecule has 1 rings (SSSR count). The van der Waals surface area contributed by atoms with Gasteiger partial charge in [-0.05, 0) is 38.0 Å². The SMILES string of the molecule is C=CCc1cc(C=NN)cc(OC)c1OC(C)C. The quantitative estimate of drug-likeness (QED) is 0.364. The highest BCUT2D eigenvalue weighted by atomic mass is 16.5. The Morgan fingerprint density at radius 3 is 2.67 bits per heavy atom. The average Bonchev–Trinajstić information content (AvgIpc) is 2.32. The van der Waals surface area contributed by atoms with Crippen LogP contribution in [0.25, 0.3) is 0 Å². The summed E-state index contributed by atoms with van der Waals surface area (Å²) in [6, 6.07) is 3.82. The molecule has 0 aliphatic rings. The lowest BCUT2D eigenvalue weighted by Crippen LogP contribution is -2.09. The van der Waals surface area contributed by atoms with Gasteiger partial charge in [0.05, 0.1) is 19.4 Å². The summed E-state index contributed by atoms with van der Waals surface area (Å²) in [6.45, 7) is 7.71. The zero-order chi connectivity index (χ0) is 13.5. The number of nitrogens with zero attached hydrogens (tertiary/aromatic N) is 1. The average molecular weight is 248 g/mol. The van der Waals surface area contributed by atoms with Crippen LogP contribution >= 0.6 is 0 Å². The van der Waals surface area contributed by atoms with Gasteiger partial charge in [0.1, 0.15) is 0 Å². The van der Waals surface area contributed by atoms with Gasteiger partial charge in [0, 0.05) is 5.56 Å². The second kappa shape index (κ2) is 6.69. The van der Waals surface area contributed by atoms with E-state index in [9.17, 15) is 0 Å². The second-order valence-electron chi connectivity index (χ2n) is 4.15. The van der Waals surface area contributed by atoms with Crippen LogP contribution in [0.1, 0.15) is 25.0 Å². The smallest absolute Gasteiger partial charge is 0.165 e. The van der Waals surface area contributed by atoms with Gasteiger partial charge >= 0.3 is 0 Å². The Balaban J connectivity index is 3.30. The first-order chi connectivity index (χ1) is 8.62. The van der Waals surface area contributed by atoms with E-state index in [0.29, 0.717) is 12.2 Å². The van der Waals surface area contributed by atoms with E-state index < -0.39 is 0 Å². The minimum absolute atomic E-state index is 0.0801. The summed E-state index contributed by atoms with van der Waals surface area (Å²) in [5.41, 5.74) is 1.88. The van der Waals surface area contributed by atoms with Crippen LogP contribution in [0.4, 0.5) is 0 Å². The molecule has 0 fully saturated rings. The van der Waals surface area contributed by atoms with Gasteiger partial charge in [-0.3, -0.25) is 0 Å². The van der Waals surface area contributed by atoms with Crippen LogP contribution < -0.4 is 15.3 Å². The van der Waals surface area contributed by atoms with Gasteiger partial charge in [0.2, 0.25) is 0 Å². The van der Waals surface area contributed by atoms with Crippen molar-refractivity contribution in [2.75, 3.05) is 7.11 Å². The molecule has 0 aliphatic carbocycles. The third-order valence-electron chi connectivity index (χ3n) is 2.32. The molecule has 0 aromatic heterocycles. The predicted octanol–water partition coefficient (Wildman–Crippen LogP) is 2.50. The van der Waals surface area contributed by atoms with Gasteiger partial charge in [0.15, 0.2) is 11.5 Å². The first-order valence-corrected chi connectivity index (χ1v) is 5.84. The molecule has 4 heteroatoms. The maximum atomic E-state index is 5.80. The summed E-state index contributed by atoms with van der Waals surface area (Å²) in [5.74, 6) is 6.60. The molecule has 98 valence electrons. The van der Waals surface area contributed by atoms with Crippen LogP contribution in [-0.4, -0.2) is 19.4 Å². The summed E-state index contributed by atoms with van der Waals surface area (Å²) >= 11 is 0. The van der Waals surface area contributed by atoms with E-state index in [1.807, 2.05) is 32.1 Å². The molecular formula is C14H20N2O2. The zero-order valence-corrected chi connectivity index (χ0v) is 11.1. The van der Waals surface area contributed by atoms with E-state index in [4.69, 9.17) is 15.3 Å². The third kappa shape index (κ3) is 3.52. The molecule has 1 aromatic carbocycles. The lowest BCUT2D eigenvalue weighted by Gasteiger charge is -2.17. The molecule has 0 heterocycles. The molecule has 0 unspecified atom stereocenters. The van der Waals surface area contributed by atoms with Gasteiger partial charge in [-0.1, -0.05) is 6.08 Å². The Kier molecular flexibility index (Phi) is 5.24. The number of ether oxygens (including phenoxy) is 2. The van der Waals surface area contributed by atoms with Crippen LogP contribution in [0.5, 0.6) is 11.5 Å². The van der Waals surface area contributed by atoms with Gasteiger partial charge in [-0.25, -0.2) is 0 Å². The molecule has 2 N–H and O–H groups in total. The number of methoxy groups -OCH3 is 1. The van der Waals surface area contributed by atoms with Crippen molar-refractivity contribution >= 4 is 6.21 Å². The van der Waals surface area contributed by atoms with E-state index in [-0.39, 0.29) is 6.10 Å². The lowest BCUT2D eigenvalue weighted by atomic mass is 10.1. The van der Waals surface area contributed by atoms with Crippen molar-refractivity contribution in [3.05, 3.63) is 35.9 Å². The maximum Gasteiger partial charge on any atom is 0.165 e. The summed E-state index contributed by atoms with van der Waals surface area (Å²) < 4.78 is 11.2. The topological polar surface area (TPSA) is 56.8 Å². The highest BCUT2D eigenvalue weighted by molar-refractivity contribution is 5.81. The van der Waals surface area contributed by atoms with Crippen molar-refractivity contribution < 1.29 is 9.47 Å². The molecule has 0 radical (unpaired) electrons. The van der Waals surface area contributed by atoms with Crippen LogP contribution in [0.15, 0.2) is 29.9 Å². The largest absolute Gasteiger partial charge is 0.493 e. The van der Waals surface area contributed by atoms with E-state index in [1.54, 1.807) is 13.3 Å². The summed E-state index contributed by atoms with van der Waals surface area (Å²) in [5, 5.41) is 3.53. The zero-order valence-electron chi connectivity index (χ0n) is 11.1. The summed E-state index contributed by atoms with van der Waals surface area (Å²) in [4.78, 5) is 0. The molecule has 0 saturated heterocycles. The highest BCUT2D eigenvalue weighted by Gasteiger charge is 2.13. The Labute approximate surface area is 108 Å². The van der Waals surface area contributed by atoms with Crippen molar-refractivity contribution in [2.24, 2.45) is 10.9 Å². The number of nitrogens with two attached hydrogens (primary N) is 1. The van der Waals surface area contributed by atoms with Gasteiger partial charge in [-0.15, -0.1) is 6.58 Å². The van der Waals surface area contributed by atoms with Crippen LogP contribution in [0, 0.1) is 0 Å². The van der Waals surface area contributed by atoms with Crippen LogP contribution in [-0.2, 0) is 6.42 Å². The van der Waals surface area contributed by atoms with Crippen molar-refractivity contribution in [3.63, 3.8) is 0 Å². The van der Waals surface area contributed by atoms with Crippen molar-refractivity contribution in [2.45, 2.75) is 26.4 Å². The molecule has 0 spiro atoms. The molecule has 1 aromatic rings. The third-order valence-corrected chi connectivity index (χ3v) is 2.32. The molecule has 0 saturated carbocycles. The molecular weight excluding hydrogens is 228 g/mol. The maximum absolute atomic E-state index is 5.80. The number of benzene rings is 1. The number of hydrazone groups is 1. The van der Waals surface area contributed by atoms with Crippen molar-refractivity contribution in [1.82, 2.24) is 0 Å². The minimum atomic E-state index is 0.0801. The predicted molar refractivity (Wildman–Crippen MR) is 74.4 cm³/mol. The van der Waals surface area contributed by atoms with E-state index >= 15 is 0 Å². The van der Waals surface area contributed by atoms with E-state index in [2.05, 4.69) is 11.7 Å². The first-order valence-electron chi connectivity index (χ1n) is 5.84. The molecule has 0 aliphatic heterocycles. The molecule has 0 amide bonds. The van der Waals surface area contributed by atoms with Gasteiger partial charge in [0.25, 0.3) is 0 Å². The molecule has 0 bridgehead atoms. The Morgan fingerprint density at radius 1 is 1.44 bits per heavy atom. The molecule has 0 atom stereocenters. The number of hydrogen-bond acceptors (Lipinski definition) is 4. The van der Waals surface area contributed by atoms with Crippen LogP contribution in [0.2, 0.25) is 0 Å². The number of allylic oxidation sites excluding steroid dienone is 1. The van der Waals surface area contributed by atoms with Gasteiger partial charge < -0.3 is 15.3 Å². The Morgan fingerprint density at radius 2 is 2.17 bits per heavy atom. The first kappa shape index (κ1) is 14.1. The van der Waals surface area contributed by atoms with Crippen LogP contribution in [0.3, 0.4) is 0 Å². The standard InChI is InChI=1S/C14H20N2O2/c1-5-6-12-7-11(9-16-15)8-13(17-4)14(12)18-10(2)3/h5,7-10H,1,6,15H2,2-4H3.